The summed E-state index contributed by atoms with van der Waals surface area (Å²) in [4.78, 5) is 10.5. The van der Waals surface area contributed by atoms with E-state index in [4.69, 9.17) is 5.11 Å². The minimum absolute atomic E-state index is 0.287. The van der Waals surface area contributed by atoms with Crippen molar-refractivity contribution in [3.63, 3.8) is 0 Å². The lowest BCUT2D eigenvalue weighted by atomic mass is 10.1. The van der Waals surface area contributed by atoms with Gasteiger partial charge in [0.1, 0.15) is 17.2 Å². The van der Waals surface area contributed by atoms with E-state index in [1.165, 1.54) is 6.08 Å². The van der Waals surface area contributed by atoms with Gasteiger partial charge in [-0.3, -0.25) is 0 Å². The van der Waals surface area contributed by atoms with Crippen LogP contribution in [0.15, 0.2) is 18.2 Å². The molecule has 0 aromatic heterocycles. The topological polar surface area (TPSA) is 49.3 Å². The van der Waals surface area contributed by atoms with E-state index in [0.717, 1.165) is 12.1 Å². The van der Waals surface area contributed by atoms with Crippen molar-refractivity contribution >= 4 is 12.0 Å². The molecule has 16 heavy (non-hydrogen) atoms. The molecule has 0 unspecified atom stereocenters. The van der Waals surface area contributed by atoms with Crippen LogP contribution < -0.4 is 5.32 Å². The highest BCUT2D eigenvalue weighted by Crippen LogP contribution is 2.16. The molecule has 1 aromatic carbocycles. The molecule has 0 aliphatic rings. The molecule has 0 aliphatic heterocycles. The number of carboxylic acids is 1. The fourth-order valence-electron chi connectivity index (χ4n) is 1.21. The first kappa shape index (κ1) is 12.3. The third kappa shape index (κ3) is 2.87. The maximum Gasteiger partial charge on any atom is 0.341 e. The van der Waals surface area contributed by atoms with Crippen LogP contribution in [0.25, 0.3) is 6.08 Å². The highest BCUT2D eigenvalue weighted by Gasteiger charge is 2.16. The van der Waals surface area contributed by atoms with Gasteiger partial charge in [-0.05, 0) is 24.7 Å². The molecule has 0 bridgehead atoms. The molecule has 3 nitrogen and oxygen atoms in total. The van der Waals surface area contributed by atoms with Gasteiger partial charge in [-0.2, -0.15) is 0 Å². The highest BCUT2D eigenvalue weighted by molar-refractivity contribution is 5.88. The minimum Gasteiger partial charge on any atom is -0.477 e. The van der Waals surface area contributed by atoms with Crippen LogP contribution in [0.3, 0.4) is 0 Å². The van der Waals surface area contributed by atoms with Crippen molar-refractivity contribution in [3.05, 3.63) is 41.0 Å². The zero-order valence-electron chi connectivity index (χ0n) is 8.63. The molecule has 0 amide bonds. The van der Waals surface area contributed by atoms with Gasteiger partial charge in [0.2, 0.25) is 0 Å². The van der Waals surface area contributed by atoms with E-state index >= 15 is 0 Å². The van der Waals surface area contributed by atoms with Gasteiger partial charge >= 0.3 is 5.97 Å². The second kappa shape index (κ2) is 5.37. The number of aromatic carboxylic acids is 1. The van der Waals surface area contributed by atoms with Crippen molar-refractivity contribution in [3.8, 4) is 0 Å². The third-order valence-electron chi connectivity index (χ3n) is 1.91. The molecule has 0 fully saturated rings. The first-order valence-electron chi connectivity index (χ1n) is 4.59. The van der Waals surface area contributed by atoms with Gasteiger partial charge in [0.15, 0.2) is 0 Å². The van der Waals surface area contributed by atoms with E-state index in [9.17, 15) is 13.6 Å². The lowest BCUT2D eigenvalue weighted by Gasteiger charge is -2.01. The summed E-state index contributed by atoms with van der Waals surface area (Å²) in [5.74, 6) is -3.76. The summed E-state index contributed by atoms with van der Waals surface area (Å²) in [6.07, 6.45) is 3.18. The Morgan fingerprint density at radius 1 is 1.44 bits per heavy atom. The predicted octanol–water partition coefficient (Wildman–Crippen LogP) is 1.90. The third-order valence-corrected chi connectivity index (χ3v) is 1.91. The largest absolute Gasteiger partial charge is 0.477 e. The molecule has 5 heteroatoms. The second-order valence-corrected chi connectivity index (χ2v) is 3.12. The molecule has 1 rings (SSSR count). The number of rotatable bonds is 4. The summed E-state index contributed by atoms with van der Waals surface area (Å²) in [6.45, 7) is 0.559. The number of carbonyl (C=O) groups is 1. The standard InChI is InChI=1S/C11H11F2NO2/c1-14-4-2-3-7-5-8(12)10(11(15)16)9(13)6-7/h2-3,5-6,14H,4H2,1H3,(H,15,16). The average molecular weight is 227 g/mol. The number of carboxylic acid groups (broad SMARTS) is 1. The molecule has 0 saturated heterocycles. The number of nitrogens with one attached hydrogen (secondary N) is 1. The van der Waals surface area contributed by atoms with Crippen molar-refractivity contribution in [2.24, 2.45) is 0 Å². The van der Waals surface area contributed by atoms with Gasteiger partial charge in [0.25, 0.3) is 0 Å². The Hall–Kier alpha value is -1.75. The van der Waals surface area contributed by atoms with Crippen molar-refractivity contribution in [1.82, 2.24) is 5.32 Å². The van der Waals surface area contributed by atoms with Crippen LogP contribution in [0, 0.1) is 11.6 Å². The summed E-state index contributed by atoms with van der Waals surface area (Å²) >= 11 is 0. The number of hydrogen-bond donors (Lipinski definition) is 2. The predicted molar refractivity (Wildman–Crippen MR) is 56.3 cm³/mol. The Morgan fingerprint density at radius 3 is 2.44 bits per heavy atom. The highest BCUT2D eigenvalue weighted by atomic mass is 19.1. The van der Waals surface area contributed by atoms with Gasteiger partial charge < -0.3 is 10.4 Å². The van der Waals surface area contributed by atoms with E-state index in [1.807, 2.05) is 0 Å². The van der Waals surface area contributed by atoms with Crippen molar-refractivity contribution in [2.45, 2.75) is 0 Å². The van der Waals surface area contributed by atoms with Crippen LogP contribution in [-0.2, 0) is 0 Å². The van der Waals surface area contributed by atoms with Crippen LogP contribution in [-0.4, -0.2) is 24.7 Å². The monoisotopic (exact) mass is 227 g/mol. The van der Waals surface area contributed by atoms with E-state index < -0.39 is 23.2 Å². The fourth-order valence-corrected chi connectivity index (χ4v) is 1.21. The first-order chi connectivity index (χ1) is 7.56. The lowest BCUT2D eigenvalue weighted by molar-refractivity contribution is 0.0686. The molecule has 0 spiro atoms. The van der Waals surface area contributed by atoms with Gasteiger partial charge in [0, 0.05) is 6.54 Å². The van der Waals surface area contributed by atoms with Crippen LogP contribution in [0.5, 0.6) is 0 Å². The van der Waals surface area contributed by atoms with Crippen molar-refractivity contribution in [2.75, 3.05) is 13.6 Å². The zero-order valence-corrected chi connectivity index (χ0v) is 8.63. The smallest absolute Gasteiger partial charge is 0.341 e. The summed E-state index contributed by atoms with van der Waals surface area (Å²) < 4.78 is 26.4. The van der Waals surface area contributed by atoms with Gasteiger partial charge in [-0.15, -0.1) is 0 Å². The molecular weight excluding hydrogens is 216 g/mol. The Balaban J connectivity index is 3.05. The molecule has 0 heterocycles. The first-order valence-corrected chi connectivity index (χ1v) is 4.59. The maximum atomic E-state index is 13.2. The van der Waals surface area contributed by atoms with Crippen molar-refractivity contribution in [1.29, 1.82) is 0 Å². The number of benzene rings is 1. The second-order valence-electron chi connectivity index (χ2n) is 3.12. The molecule has 0 saturated carbocycles. The normalized spacial score (nSPS) is 10.9. The Labute approximate surface area is 91.4 Å². The molecule has 0 aliphatic carbocycles. The summed E-state index contributed by atoms with van der Waals surface area (Å²) in [5, 5.41) is 11.4. The maximum absolute atomic E-state index is 13.2. The van der Waals surface area contributed by atoms with E-state index in [0.29, 0.717) is 6.54 Å². The molecule has 0 atom stereocenters. The summed E-state index contributed by atoms with van der Waals surface area (Å²) in [5.41, 5.74) is -0.638. The minimum atomic E-state index is -1.61. The summed E-state index contributed by atoms with van der Waals surface area (Å²) in [6, 6.07) is 1.97. The van der Waals surface area contributed by atoms with E-state index in [-0.39, 0.29) is 5.56 Å². The Kier molecular flexibility index (Phi) is 4.13. The number of likely N-dealkylation sites (N-methyl/N-ethyl adjacent to an activating group) is 1. The van der Waals surface area contributed by atoms with Crippen LogP contribution in [0.1, 0.15) is 15.9 Å². The van der Waals surface area contributed by atoms with Crippen LogP contribution in [0.4, 0.5) is 8.78 Å². The van der Waals surface area contributed by atoms with E-state index in [2.05, 4.69) is 5.32 Å². The Bertz CT molecular complexity index is 407. The Morgan fingerprint density at radius 2 is 2.00 bits per heavy atom. The number of hydrogen-bond acceptors (Lipinski definition) is 2. The van der Waals surface area contributed by atoms with Gasteiger partial charge in [-0.1, -0.05) is 12.2 Å². The fraction of sp³-hybridized carbons (Fsp3) is 0.182. The van der Waals surface area contributed by atoms with Crippen LogP contribution >= 0.6 is 0 Å². The van der Waals surface area contributed by atoms with Crippen molar-refractivity contribution < 1.29 is 18.7 Å². The molecule has 0 radical (unpaired) electrons. The average Bonchev–Trinajstić information content (AvgIpc) is 2.16. The molecule has 86 valence electrons. The molecule has 1 aromatic rings. The lowest BCUT2D eigenvalue weighted by Crippen LogP contribution is -2.05. The van der Waals surface area contributed by atoms with E-state index in [1.54, 1.807) is 13.1 Å². The number of halogens is 2. The van der Waals surface area contributed by atoms with Crippen LogP contribution in [0.2, 0.25) is 0 Å². The van der Waals surface area contributed by atoms with Gasteiger partial charge in [0.05, 0.1) is 0 Å². The quantitative estimate of drug-likeness (QED) is 0.825. The SMILES string of the molecule is CNCC=Cc1cc(F)c(C(=O)O)c(F)c1. The molecular formula is C11H11F2NO2. The zero-order chi connectivity index (χ0) is 12.1. The summed E-state index contributed by atoms with van der Waals surface area (Å²) in [7, 11) is 1.74. The molecule has 2 N–H and O–H groups in total. The van der Waals surface area contributed by atoms with Gasteiger partial charge in [-0.25, -0.2) is 13.6 Å².